The number of carbonyl (C=O) groups excluding carboxylic acids is 2. The lowest BCUT2D eigenvalue weighted by Gasteiger charge is -2.14. The van der Waals surface area contributed by atoms with Crippen molar-refractivity contribution in [2.24, 2.45) is 0 Å². The lowest BCUT2D eigenvalue weighted by atomic mass is 10.2. The molecular formula is C27H27ClN4O6S. The first-order chi connectivity index (χ1) is 18.6. The van der Waals surface area contributed by atoms with Crippen molar-refractivity contribution in [3.63, 3.8) is 0 Å². The molecule has 2 heterocycles. The Bertz CT molecular complexity index is 1690. The molecule has 204 valence electrons. The number of nitrogens with zero attached hydrogens (tertiary/aromatic N) is 3. The Morgan fingerprint density at radius 3 is 2.41 bits per heavy atom. The number of fused-ring (bicyclic) bond motifs is 1. The minimum Gasteiger partial charge on any atom is -0.495 e. The summed E-state index contributed by atoms with van der Waals surface area (Å²) in [7, 11) is 4.66. The Kier molecular flexibility index (Phi) is 8.12. The first kappa shape index (κ1) is 27.9. The maximum absolute atomic E-state index is 13.8. The molecule has 12 heteroatoms. The van der Waals surface area contributed by atoms with E-state index < -0.39 is 23.7 Å². The molecule has 0 spiro atoms. The molecule has 0 radical (unpaired) electrons. The molecule has 2 amide bonds. The molecule has 0 atom stereocenters. The van der Waals surface area contributed by atoms with Gasteiger partial charge in [-0.25, -0.2) is 9.36 Å². The highest BCUT2D eigenvalue weighted by molar-refractivity contribution is 7.20. The van der Waals surface area contributed by atoms with Gasteiger partial charge in [0, 0.05) is 19.1 Å². The third-order valence-corrected chi connectivity index (χ3v) is 7.49. The molecule has 1 N–H and O–H groups in total. The van der Waals surface area contributed by atoms with Gasteiger partial charge >= 0.3 is 5.69 Å². The molecule has 2 aromatic heterocycles. The minimum atomic E-state index is -0.727. The summed E-state index contributed by atoms with van der Waals surface area (Å²) in [5, 5.41) is 3.29. The summed E-state index contributed by atoms with van der Waals surface area (Å²) < 4.78 is 13.0. The number of benzene rings is 2. The highest BCUT2D eigenvalue weighted by Crippen LogP contribution is 2.30. The molecule has 2 aromatic carbocycles. The largest absolute Gasteiger partial charge is 0.495 e. The lowest BCUT2D eigenvalue weighted by molar-refractivity contribution is -0.116. The number of rotatable bonds is 8. The van der Waals surface area contributed by atoms with Gasteiger partial charge in [0.2, 0.25) is 5.91 Å². The number of thiophene rings is 1. The number of halogens is 1. The Morgan fingerprint density at radius 1 is 1.10 bits per heavy atom. The van der Waals surface area contributed by atoms with Crippen LogP contribution >= 0.6 is 22.9 Å². The van der Waals surface area contributed by atoms with E-state index in [1.165, 1.54) is 22.6 Å². The molecule has 39 heavy (non-hydrogen) atoms. The number of aromatic nitrogens is 2. The Balaban J connectivity index is 1.90. The van der Waals surface area contributed by atoms with E-state index in [1.54, 1.807) is 57.4 Å². The molecule has 4 aromatic rings. The average molecular weight is 571 g/mol. The summed E-state index contributed by atoms with van der Waals surface area (Å²) in [6, 6.07) is 11.2. The first-order valence-corrected chi connectivity index (χ1v) is 13.1. The van der Waals surface area contributed by atoms with Crippen LogP contribution in [0.5, 0.6) is 11.5 Å². The second kappa shape index (κ2) is 11.3. The fourth-order valence-corrected chi connectivity index (χ4v) is 5.58. The fraction of sp³-hybridized carbons (Fsp3) is 0.259. The van der Waals surface area contributed by atoms with Crippen molar-refractivity contribution in [3.8, 4) is 17.2 Å². The van der Waals surface area contributed by atoms with Crippen LogP contribution in [0, 0.1) is 6.92 Å². The van der Waals surface area contributed by atoms with Crippen LogP contribution in [0.15, 0.2) is 52.1 Å². The van der Waals surface area contributed by atoms with Gasteiger partial charge in [-0.3, -0.25) is 19.0 Å². The number of ether oxygens (including phenoxy) is 2. The van der Waals surface area contributed by atoms with Crippen molar-refractivity contribution < 1.29 is 19.1 Å². The summed E-state index contributed by atoms with van der Waals surface area (Å²) >= 11 is 7.09. The molecule has 0 bridgehead atoms. The van der Waals surface area contributed by atoms with E-state index in [-0.39, 0.29) is 16.1 Å². The number of anilines is 1. The van der Waals surface area contributed by atoms with Gasteiger partial charge in [0.05, 0.1) is 35.4 Å². The van der Waals surface area contributed by atoms with Gasteiger partial charge in [0.1, 0.15) is 22.9 Å². The van der Waals surface area contributed by atoms with Crippen LogP contribution in [0.2, 0.25) is 5.02 Å². The normalized spacial score (nSPS) is 10.9. The number of carbonyl (C=O) groups is 2. The first-order valence-electron chi connectivity index (χ1n) is 11.9. The standard InChI is InChI=1S/C27H27ClN4O6S/c1-6-38-18-10-8-17(9-11-18)32-24(34)22-15(2)23(25(35)30(3)4)39-26(22)31(27(32)36)14-21(33)29-19-13-16(28)7-12-20(19)37-5/h7-13H,6,14H2,1-5H3,(H,29,33). The summed E-state index contributed by atoms with van der Waals surface area (Å²) in [4.78, 5) is 55.5. The smallest absolute Gasteiger partial charge is 0.337 e. The fourth-order valence-electron chi connectivity index (χ4n) is 4.09. The van der Waals surface area contributed by atoms with Crippen molar-refractivity contribution in [1.82, 2.24) is 14.0 Å². The molecule has 0 saturated carbocycles. The van der Waals surface area contributed by atoms with E-state index in [4.69, 9.17) is 21.1 Å². The van der Waals surface area contributed by atoms with E-state index >= 15 is 0 Å². The molecule has 0 unspecified atom stereocenters. The zero-order valence-corrected chi connectivity index (χ0v) is 23.6. The predicted octanol–water partition coefficient (Wildman–Crippen LogP) is 3.92. The number of amides is 2. The molecular weight excluding hydrogens is 544 g/mol. The van der Waals surface area contributed by atoms with Gasteiger partial charge in [-0.1, -0.05) is 11.6 Å². The van der Waals surface area contributed by atoms with Crippen LogP contribution in [0.3, 0.4) is 0 Å². The van der Waals surface area contributed by atoms with Gasteiger partial charge < -0.3 is 19.7 Å². The predicted molar refractivity (Wildman–Crippen MR) is 152 cm³/mol. The lowest BCUT2D eigenvalue weighted by Crippen LogP contribution is -2.40. The highest BCUT2D eigenvalue weighted by atomic mass is 35.5. The number of methoxy groups -OCH3 is 1. The SMILES string of the molecule is CCOc1ccc(-n2c(=O)c3c(C)c(C(=O)N(C)C)sc3n(CC(=O)Nc3cc(Cl)ccc3OC)c2=O)cc1. The van der Waals surface area contributed by atoms with Gasteiger partial charge in [0.25, 0.3) is 11.5 Å². The third kappa shape index (κ3) is 5.41. The number of aryl methyl sites for hydroxylation is 1. The van der Waals surface area contributed by atoms with E-state index in [0.29, 0.717) is 44.9 Å². The summed E-state index contributed by atoms with van der Waals surface area (Å²) in [6.07, 6.45) is 0. The van der Waals surface area contributed by atoms with E-state index in [0.717, 1.165) is 15.9 Å². The number of hydrogen-bond acceptors (Lipinski definition) is 7. The zero-order valence-electron chi connectivity index (χ0n) is 22.0. The maximum Gasteiger partial charge on any atom is 0.337 e. The Morgan fingerprint density at radius 2 is 1.79 bits per heavy atom. The van der Waals surface area contributed by atoms with Crippen molar-refractivity contribution in [1.29, 1.82) is 0 Å². The summed E-state index contributed by atoms with van der Waals surface area (Å²) in [5.41, 5.74) is -0.255. The molecule has 0 aliphatic rings. The van der Waals surface area contributed by atoms with Gasteiger partial charge in [-0.05, 0) is 61.9 Å². The van der Waals surface area contributed by atoms with Crippen LogP contribution in [0.4, 0.5) is 5.69 Å². The monoisotopic (exact) mass is 570 g/mol. The molecule has 4 rings (SSSR count). The van der Waals surface area contributed by atoms with Gasteiger partial charge in [0.15, 0.2) is 0 Å². The number of hydrogen-bond donors (Lipinski definition) is 1. The molecule has 0 aliphatic carbocycles. The van der Waals surface area contributed by atoms with Crippen LogP contribution in [-0.4, -0.2) is 53.7 Å². The topological polar surface area (TPSA) is 112 Å². The van der Waals surface area contributed by atoms with Crippen molar-refractivity contribution in [2.45, 2.75) is 20.4 Å². The van der Waals surface area contributed by atoms with E-state index in [1.807, 2.05) is 6.92 Å². The van der Waals surface area contributed by atoms with Crippen molar-refractivity contribution >= 4 is 50.7 Å². The highest BCUT2D eigenvalue weighted by Gasteiger charge is 2.25. The molecule has 0 fully saturated rings. The average Bonchev–Trinajstić information content (AvgIpc) is 3.24. The Labute approximate surface area is 232 Å². The van der Waals surface area contributed by atoms with E-state index in [2.05, 4.69) is 5.32 Å². The van der Waals surface area contributed by atoms with E-state index in [9.17, 15) is 19.2 Å². The van der Waals surface area contributed by atoms with Gasteiger partial charge in [-0.15, -0.1) is 11.3 Å². The molecule has 10 nitrogen and oxygen atoms in total. The van der Waals surface area contributed by atoms with Crippen LogP contribution in [0.1, 0.15) is 22.2 Å². The second-order valence-electron chi connectivity index (χ2n) is 8.76. The van der Waals surface area contributed by atoms with Crippen LogP contribution in [-0.2, 0) is 11.3 Å². The third-order valence-electron chi connectivity index (χ3n) is 5.96. The summed E-state index contributed by atoms with van der Waals surface area (Å²) in [6.45, 7) is 3.53. The maximum atomic E-state index is 13.8. The quantitative estimate of drug-likeness (QED) is 0.344. The van der Waals surface area contributed by atoms with Crippen LogP contribution < -0.4 is 26.0 Å². The molecule has 0 aliphatic heterocycles. The van der Waals surface area contributed by atoms with Crippen LogP contribution in [0.25, 0.3) is 15.9 Å². The van der Waals surface area contributed by atoms with Crippen molar-refractivity contribution in [3.05, 3.63) is 78.8 Å². The second-order valence-corrected chi connectivity index (χ2v) is 10.2. The summed E-state index contributed by atoms with van der Waals surface area (Å²) in [5.74, 6) is 0.0989. The zero-order chi connectivity index (χ0) is 28.4. The van der Waals surface area contributed by atoms with Gasteiger partial charge in [-0.2, -0.15) is 0 Å². The molecule has 0 saturated heterocycles. The van der Waals surface area contributed by atoms with Crippen molar-refractivity contribution in [2.75, 3.05) is 33.1 Å². The number of nitrogens with one attached hydrogen (secondary N) is 1. The Hall–Kier alpha value is -4.09. The minimum absolute atomic E-state index is 0.187.